The molecule has 0 radical (unpaired) electrons. The Labute approximate surface area is 138 Å². The third-order valence-corrected chi connectivity index (χ3v) is 3.44. The molecule has 24 heavy (non-hydrogen) atoms. The quantitative estimate of drug-likeness (QED) is 0.646. The average Bonchev–Trinajstić information content (AvgIpc) is 2.98. The van der Waals surface area contributed by atoms with Crippen molar-refractivity contribution in [2.24, 2.45) is 0 Å². The van der Waals surface area contributed by atoms with E-state index < -0.39 is 18.4 Å². The number of nitrogens with one attached hydrogen (secondary N) is 2. The van der Waals surface area contributed by atoms with E-state index in [1.54, 1.807) is 7.11 Å². The first kappa shape index (κ1) is 17.3. The number of aryl methyl sites for hydroxylation is 1. The number of amides is 2. The number of hydrogen-bond acceptors (Lipinski definition) is 4. The lowest BCUT2D eigenvalue weighted by atomic mass is 10.2. The number of carbonyl (C=O) groups is 3. The van der Waals surface area contributed by atoms with Crippen molar-refractivity contribution in [3.63, 3.8) is 0 Å². The molecule has 0 spiro atoms. The highest BCUT2D eigenvalue weighted by Crippen LogP contribution is 2.21. The average molecular weight is 333 g/mol. The van der Waals surface area contributed by atoms with Crippen molar-refractivity contribution in [2.45, 2.75) is 13.0 Å². The second-order valence-corrected chi connectivity index (χ2v) is 5.13. The number of nitrogens with zero attached hydrogens (tertiary/aromatic N) is 1. The molecule has 2 aromatic rings. The number of carboxylic acid groups (broad SMARTS) is 1. The molecule has 0 aliphatic carbocycles. The van der Waals surface area contributed by atoms with Gasteiger partial charge in [0.25, 0.3) is 0 Å². The van der Waals surface area contributed by atoms with Gasteiger partial charge in [-0.2, -0.15) is 0 Å². The summed E-state index contributed by atoms with van der Waals surface area (Å²) in [6, 6.07) is 7.63. The number of rotatable bonds is 8. The molecule has 0 aliphatic rings. The lowest BCUT2D eigenvalue weighted by molar-refractivity contribution is -0.137. The molecule has 128 valence electrons. The third-order valence-electron chi connectivity index (χ3n) is 3.44. The molecule has 0 atom stereocenters. The normalized spacial score (nSPS) is 10.4. The topological polar surface area (TPSA) is 110 Å². The van der Waals surface area contributed by atoms with Gasteiger partial charge in [-0.05, 0) is 24.3 Å². The van der Waals surface area contributed by atoms with Crippen LogP contribution in [0, 0.1) is 0 Å². The van der Waals surface area contributed by atoms with E-state index >= 15 is 0 Å². The Hall–Kier alpha value is -3.03. The van der Waals surface area contributed by atoms with Gasteiger partial charge in [-0.1, -0.05) is 0 Å². The highest BCUT2D eigenvalue weighted by Gasteiger charge is 2.08. The highest BCUT2D eigenvalue weighted by molar-refractivity contribution is 5.87. The van der Waals surface area contributed by atoms with E-state index in [1.807, 2.05) is 35.0 Å². The van der Waals surface area contributed by atoms with Crippen LogP contribution in [0.1, 0.15) is 6.42 Å². The maximum Gasteiger partial charge on any atom is 0.322 e. The Bertz CT molecular complexity index is 753. The molecule has 1 aromatic heterocycles. The Morgan fingerprint density at radius 1 is 1.12 bits per heavy atom. The summed E-state index contributed by atoms with van der Waals surface area (Å²) < 4.78 is 7.11. The predicted octanol–water partition coefficient (Wildman–Crippen LogP) is 0.357. The lowest BCUT2D eigenvalue weighted by Crippen LogP contribution is -2.39. The summed E-state index contributed by atoms with van der Waals surface area (Å²) in [5.41, 5.74) is 0.989. The molecule has 2 amide bonds. The van der Waals surface area contributed by atoms with E-state index in [9.17, 15) is 14.4 Å². The summed E-state index contributed by atoms with van der Waals surface area (Å²) in [6.45, 7) is -0.234. The first-order valence-corrected chi connectivity index (χ1v) is 7.37. The van der Waals surface area contributed by atoms with Gasteiger partial charge in [-0.25, -0.2) is 0 Å². The van der Waals surface area contributed by atoms with E-state index in [2.05, 4.69) is 10.6 Å². The molecule has 1 aromatic carbocycles. The maximum atomic E-state index is 11.8. The van der Waals surface area contributed by atoms with E-state index in [4.69, 9.17) is 9.84 Å². The van der Waals surface area contributed by atoms with Crippen LogP contribution >= 0.6 is 0 Å². The van der Waals surface area contributed by atoms with Crippen LogP contribution in [0.15, 0.2) is 30.5 Å². The Balaban J connectivity index is 1.81. The molecule has 8 heteroatoms. The molecular weight excluding hydrogens is 314 g/mol. The lowest BCUT2D eigenvalue weighted by Gasteiger charge is -2.08. The van der Waals surface area contributed by atoms with Gasteiger partial charge in [-0.15, -0.1) is 0 Å². The van der Waals surface area contributed by atoms with Crippen molar-refractivity contribution < 1.29 is 24.2 Å². The van der Waals surface area contributed by atoms with Gasteiger partial charge in [0.15, 0.2) is 0 Å². The molecule has 0 saturated heterocycles. The van der Waals surface area contributed by atoms with Crippen LogP contribution in [-0.2, 0) is 20.9 Å². The van der Waals surface area contributed by atoms with Crippen LogP contribution in [0.4, 0.5) is 0 Å². The van der Waals surface area contributed by atoms with Crippen molar-refractivity contribution in [1.82, 2.24) is 15.2 Å². The Morgan fingerprint density at radius 2 is 1.88 bits per heavy atom. The zero-order valence-electron chi connectivity index (χ0n) is 13.2. The Kier molecular flexibility index (Phi) is 5.78. The van der Waals surface area contributed by atoms with Crippen LogP contribution in [0.5, 0.6) is 5.75 Å². The van der Waals surface area contributed by atoms with Crippen LogP contribution in [0.3, 0.4) is 0 Å². The van der Waals surface area contributed by atoms with E-state index in [-0.39, 0.29) is 18.9 Å². The summed E-state index contributed by atoms with van der Waals surface area (Å²) in [5.74, 6) is -1.18. The number of aromatic nitrogens is 1. The molecule has 0 unspecified atom stereocenters. The molecular formula is C16H19N3O5. The van der Waals surface area contributed by atoms with Crippen molar-refractivity contribution in [3.8, 4) is 5.75 Å². The summed E-state index contributed by atoms with van der Waals surface area (Å²) in [6.07, 6.45) is 2.10. The minimum atomic E-state index is -1.13. The van der Waals surface area contributed by atoms with E-state index in [0.29, 0.717) is 6.54 Å². The second kappa shape index (κ2) is 8.00. The molecule has 0 fully saturated rings. The molecule has 0 aliphatic heterocycles. The van der Waals surface area contributed by atoms with Gasteiger partial charge in [0.2, 0.25) is 11.8 Å². The fraction of sp³-hybridized carbons (Fsp3) is 0.312. The first-order chi connectivity index (χ1) is 11.5. The van der Waals surface area contributed by atoms with Crippen molar-refractivity contribution >= 4 is 28.7 Å². The van der Waals surface area contributed by atoms with Crippen molar-refractivity contribution in [3.05, 3.63) is 30.5 Å². The molecule has 2 rings (SSSR count). The van der Waals surface area contributed by atoms with Gasteiger partial charge in [0.05, 0.1) is 13.7 Å². The summed E-state index contributed by atoms with van der Waals surface area (Å²) >= 11 is 0. The fourth-order valence-electron chi connectivity index (χ4n) is 2.23. The van der Waals surface area contributed by atoms with Crippen molar-refractivity contribution in [2.75, 3.05) is 20.2 Å². The standard InChI is InChI=1S/C16H19N3O5/c1-24-12-2-3-13-11(8-12)4-6-19(13)7-5-14(20)17-9-15(21)18-10-16(22)23/h2-4,6,8H,5,7,9-10H2,1H3,(H,17,20)(H,18,21)(H,22,23). The minimum Gasteiger partial charge on any atom is -0.497 e. The monoisotopic (exact) mass is 333 g/mol. The number of fused-ring (bicyclic) bond motifs is 1. The first-order valence-electron chi connectivity index (χ1n) is 7.37. The zero-order valence-corrected chi connectivity index (χ0v) is 13.2. The van der Waals surface area contributed by atoms with Gasteiger partial charge < -0.3 is 25.0 Å². The number of benzene rings is 1. The highest BCUT2D eigenvalue weighted by atomic mass is 16.5. The number of hydrogen-bond donors (Lipinski definition) is 3. The molecule has 8 nitrogen and oxygen atoms in total. The molecule has 0 bridgehead atoms. The minimum absolute atomic E-state index is 0.210. The second-order valence-electron chi connectivity index (χ2n) is 5.13. The van der Waals surface area contributed by atoms with E-state index in [1.165, 1.54) is 0 Å². The number of carboxylic acids is 1. The van der Waals surface area contributed by atoms with Gasteiger partial charge in [0, 0.05) is 30.1 Å². The van der Waals surface area contributed by atoms with Crippen LogP contribution < -0.4 is 15.4 Å². The summed E-state index contributed by atoms with van der Waals surface area (Å²) in [7, 11) is 1.61. The van der Waals surface area contributed by atoms with E-state index in [0.717, 1.165) is 16.7 Å². The molecule has 0 saturated carbocycles. The fourth-order valence-corrected chi connectivity index (χ4v) is 2.23. The van der Waals surface area contributed by atoms with Gasteiger partial charge in [0.1, 0.15) is 12.3 Å². The largest absolute Gasteiger partial charge is 0.497 e. The number of carbonyl (C=O) groups excluding carboxylic acids is 2. The predicted molar refractivity (Wildman–Crippen MR) is 86.8 cm³/mol. The zero-order chi connectivity index (χ0) is 17.5. The smallest absolute Gasteiger partial charge is 0.322 e. The van der Waals surface area contributed by atoms with Crippen LogP contribution in [0.2, 0.25) is 0 Å². The molecule has 1 heterocycles. The van der Waals surface area contributed by atoms with Gasteiger partial charge >= 0.3 is 5.97 Å². The summed E-state index contributed by atoms with van der Waals surface area (Å²) in [5, 5.41) is 14.1. The summed E-state index contributed by atoms with van der Waals surface area (Å²) in [4.78, 5) is 33.4. The number of aliphatic carboxylic acids is 1. The van der Waals surface area contributed by atoms with Crippen molar-refractivity contribution in [1.29, 1.82) is 0 Å². The SMILES string of the molecule is COc1ccc2c(ccn2CCC(=O)NCC(=O)NCC(=O)O)c1. The third kappa shape index (κ3) is 4.73. The maximum absolute atomic E-state index is 11.8. The Morgan fingerprint density at radius 3 is 2.58 bits per heavy atom. The van der Waals surface area contributed by atoms with Gasteiger partial charge in [-0.3, -0.25) is 14.4 Å². The van der Waals surface area contributed by atoms with Crippen LogP contribution in [-0.4, -0.2) is 47.7 Å². The molecule has 3 N–H and O–H groups in total. The number of methoxy groups -OCH3 is 1. The number of ether oxygens (including phenoxy) is 1. The van der Waals surface area contributed by atoms with Crippen LogP contribution in [0.25, 0.3) is 10.9 Å².